The number of carbonyl (C=O) groups excluding carboxylic acids is 1. The Hall–Kier alpha value is -2.74. The number of nitrogens with one attached hydrogen (secondary N) is 1. The van der Waals surface area contributed by atoms with Gasteiger partial charge in [0.1, 0.15) is 5.82 Å². The summed E-state index contributed by atoms with van der Waals surface area (Å²) in [6.45, 7) is 4.01. The number of nitrogens with zero attached hydrogens (tertiary/aromatic N) is 5. The molecule has 24 heavy (non-hydrogen) atoms. The zero-order valence-corrected chi connectivity index (χ0v) is 13.4. The fourth-order valence-electron chi connectivity index (χ4n) is 2.61. The van der Waals surface area contributed by atoms with E-state index in [1.54, 1.807) is 24.7 Å². The summed E-state index contributed by atoms with van der Waals surface area (Å²) in [6.07, 6.45) is 5.12. The second-order valence-corrected chi connectivity index (χ2v) is 5.64. The van der Waals surface area contributed by atoms with E-state index in [0.29, 0.717) is 18.9 Å². The molecular weight excluding hydrogens is 306 g/mol. The van der Waals surface area contributed by atoms with Gasteiger partial charge in [-0.3, -0.25) is 9.69 Å². The molecule has 0 bridgehead atoms. The zero-order valence-electron chi connectivity index (χ0n) is 13.4. The highest BCUT2D eigenvalue weighted by molar-refractivity contribution is 5.78. The van der Waals surface area contributed by atoms with Crippen LogP contribution in [0.2, 0.25) is 0 Å². The first-order valence-electron chi connectivity index (χ1n) is 7.93. The van der Waals surface area contributed by atoms with Crippen molar-refractivity contribution >= 4 is 17.7 Å². The Morgan fingerprint density at radius 3 is 2.50 bits per heavy atom. The molecular formula is C16H21N7O. The van der Waals surface area contributed by atoms with Crippen LogP contribution < -0.4 is 16.0 Å². The van der Waals surface area contributed by atoms with E-state index in [4.69, 9.17) is 5.73 Å². The molecule has 1 fully saturated rings. The molecule has 0 atom stereocenters. The maximum atomic E-state index is 12.1. The second-order valence-electron chi connectivity index (χ2n) is 5.64. The van der Waals surface area contributed by atoms with Crippen molar-refractivity contribution in [1.29, 1.82) is 0 Å². The Labute approximate surface area is 140 Å². The van der Waals surface area contributed by atoms with Crippen molar-refractivity contribution in [2.24, 2.45) is 0 Å². The maximum absolute atomic E-state index is 12.1. The standard InChI is InChI=1S/C16H21N7O/c17-15-13(3-1-4-18-15)11-21-14(24)12-22-7-9-23(10-8-22)16-19-5-2-6-20-16/h1-6H,7-12H2,(H2,17,18)(H,21,24). The van der Waals surface area contributed by atoms with Crippen molar-refractivity contribution in [2.75, 3.05) is 43.4 Å². The molecule has 1 amide bonds. The lowest BCUT2D eigenvalue weighted by Crippen LogP contribution is -2.49. The molecule has 1 saturated heterocycles. The fraction of sp³-hybridized carbons (Fsp3) is 0.375. The van der Waals surface area contributed by atoms with Crippen molar-refractivity contribution in [3.63, 3.8) is 0 Å². The van der Waals surface area contributed by atoms with Gasteiger partial charge in [0.05, 0.1) is 6.54 Å². The van der Waals surface area contributed by atoms with Crippen molar-refractivity contribution in [3.8, 4) is 0 Å². The lowest BCUT2D eigenvalue weighted by atomic mass is 10.2. The Balaban J connectivity index is 1.43. The lowest BCUT2D eigenvalue weighted by molar-refractivity contribution is -0.122. The first-order chi connectivity index (χ1) is 11.7. The van der Waals surface area contributed by atoms with Gasteiger partial charge < -0.3 is 16.0 Å². The molecule has 126 valence electrons. The minimum Gasteiger partial charge on any atom is -0.383 e. The van der Waals surface area contributed by atoms with Crippen LogP contribution >= 0.6 is 0 Å². The largest absolute Gasteiger partial charge is 0.383 e. The number of hydrogen-bond acceptors (Lipinski definition) is 7. The van der Waals surface area contributed by atoms with Gasteiger partial charge in [0.2, 0.25) is 11.9 Å². The topological polar surface area (TPSA) is 100 Å². The quantitative estimate of drug-likeness (QED) is 0.790. The molecule has 3 heterocycles. The van der Waals surface area contributed by atoms with E-state index in [1.165, 1.54) is 0 Å². The third kappa shape index (κ3) is 4.17. The number of nitrogen functional groups attached to an aromatic ring is 1. The molecule has 3 rings (SSSR count). The van der Waals surface area contributed by atoms with Crippen LogP contribution in [-0.2, 0) is 11.3 Å². The number of carbonyl (C=O) groups is 1. The van der Waals surface area contributed by atoms with Crippen LogP contribution in [0.5, 0.6) is 0 Å². The molecule has 1 aliphatic rings. The predicted octanol–water partition coefficient (Wildman–Crippen LogP) is -0.108. The summed E-state index contributed by atoms with van der Waals surface area (Å²) in [6, 6.07) is 5.48. The molecule has 3 N–H and O–H groups in total. The highest BCUT2D eigenvalue weighted by atomic mass is 16.2. The molecule has 2 aromatic rings. The minimum atomic E-state index is -0.0114. The summed E-state index contributed by atoms with van der Waals surface area (Å²) in [7, 11) is 0. The van der Waals surface area contributed by atoms with E-state index < -0.39 is 0 Å². The normalized spacial score (nSPS) is 15.2. The molecule has 0 aliphatic carbocycles. The smallest absolute Gasteiger partial charge is 0.234 e. The van der Waals surface area contributed by atoms with Gasteiger partial charge in [-0.1, -0.05) is 6.07 Å². The summed E-state index contributed by atoms with van der Waals surface area (Å²) in [5.41, 5.74) is 6.60. The minimum absolute atomic E-state index is 0.0114. The first-order valence-corrected chi connectivity index (χ1v) is 7.93. The van der Waals surface area contributed by atoms with Gasteiger partial charge in [0, 0.05) is 56.9 Å². The summed E-state index contributed by atoms with van der Waals surface area (Å²) in [5, 5.41) is 2.89. The number of aromatic nitrogens is 3. The molecule has 0 unspecified atom stereocenters. The van der Waals surface area contributed by atoms with Gasteiger partial charge in [0.15, 0.2) is 0 Å². The van der Waals surface area contributed by atoms with Crippen molar-refractivity contribution in [1.82, 2.24) is 25.2 Å². The van der Waals surface area contributed by atoms with Crippen LogP contribution in [0.1, 0.15) is 5.56 Å². The summed E-state index contributed by atoms with van der Waals surface area (Å²) in [4.78, 5) is 28.9. The Kier molecular flexibility index (Phi) is 5.17. The lowest BCUT2D eigenvalue weighted by Gasteiger charge is -2.34. The highest BCUT2D eigenvalue weighted by Crippen LogP contribution is 2.09. The number of piperazine rings is 1. The second kappa shape index (κ2) is 7.69. The van der Waals surface area contributed by atoms with E-state index in [2.05, 4.69) is 30.1 Å². The first kappa shape index (κ1) is 16.1. The summed E-state index contributed by atoms with van der Waals surface area (Å²) in [5.74, 6) is 1.19. The predicted molar refractivity (Wildman–Crippen MR) is 91.2 cm³/mol. The van der Waals surface area contributed by atoms with E-state index in [9.17, 15) is 4.79 Å². The molecule has 0 radical (unpaired) electrons. The van der Waals surface area contributed by atoms with Crippen LogP contribution in [0.15, 0.2) is 36.8 Å². The van der Waals surface area contributed by atoms with Gasteiger partial charge in [-0.25, -0.2) is 15.0 Å². The monoisotopic (exact) mass is 327 g/mol. The van der Waals surface area contributed by atoms with E-state index in [-0.39, 0.29) is 5.91 Å². The average Bonchev–Trinajstić information content (AvgIpc) is 2.62. The Bertz CT molecular complexity index is 671. The number of nitrogens with two attached hydrogens (primary N) is 1. The van der Waals surface area contributed by atoms with E-state index in [0.717, 1.165) is 37.7 Å². The van der Waals surface area contributed by atoms with Gasteiger partial charge in [-0.05, 0) is 12.1 Å². The summed E-state index contributed by atoms with van der Waals surface area (Å²) >= 11 is 0. The van der Waals surface area contributed by atoms with Crippen LogP contribution in [0.3, 0.4) is 0 Å². The molecule has 0 aromatic carbocycles. The number of pyridine rings is 1. The van der Waals surface area contributed by atoms with Gasteiger partial charge in [-0.2, -0.15) is 0 Å². The van der Waals surface area contributed by atoms with Crippen LogP contribution in [-0.4, -0.2) is 58.5 Å². The third-order valence-electron chi connectivity index (χ3n) is 3.98. The average molecular weight is 327 g/mol. The van der Waals surface area contributed by atoms with Crippen LogP contribution in [0.25, 0.3) is 0 Å². The SMILES string of the molecule is Nc1ncccc1CNC(=O)CN1CCN(c2ncccn2)CC1. The summed E-state index contributed by atoms with van der Waals surface area (Å²) < 4.78 is 0. The van der Waals surface area contributed by atoms with Crippen molar-refractivity contribution < 1.29 is 4.79 Å². The van der Waals surface area contributed by atoms with Crippen molar-refractivity contribution in [3.05, 3.63) is 42.4 Å². The van der Waals surface area contributed by atoms with Crippen LogP contribution in [0, 0.1) is 0 Å². The van der Waals surface area contributed by atoms with E-state index in [1.807, 2.05) is 12.1 Å². The zero-order chi connectivity index (χ0) is 16.8. The van der Waals surface area contributed by atoms with Gasteiger partial charge >= 0.3 is 0 Å². The number of amides is 1. The molecule has 1 aliphatic heterocycles. The molecule has 0 spiro atoms. The molecule has 2 aromatic heterocycles. The number of rotatable bonds is 5. The molecule has 8 heteroatoms. The van der Waals surface area contributed by atoms with Crippen LogP contribution in [0.4, 0.5) is 11.8 Å². The fourth-order valence-corrected chi connectivity index (χ4v) is 2.61. The molecule has 8 nitrogen and oxygen atoms in total. The van der Waals surface area contributed by atoms with Gasteiger partial charge in [0.25, 0.3) is 0 Å². The number of hydrogen-bond donors (Lipinski definition) is 2. The maximum Gasteiger partial charge on any atom is 0.234 e. The number of anilines is 2. The van der Waals surface area contributed by atoms with E-state index >= 15 is 0 Å². The molecule has 0 saturated carbocycles. The third-order valence-corrected chi connectivity index (χ3v) is 3.98. The highest BCUT2D eigenvalue weighted by Gasteiger charge is 2.20. The Morgan fingerprint density at radius 1 is 1.08 bits per heavy atom. The Morgan fingerprint density at radius 2 is 1.79 bits per heavy atom. The van der Waals surface area contributed by atoms with Gasteiger partial charge in [-0.15, -0.1) is 0 Å². The van der Waals surface area contributed by atoms with Crippen molar-refractivity contribution in [2.45, 2.75) is 6.54 Å².